The summed E-state index contributed by atoms with van der Waals surface area (Å²) in [7, 11) is 0. The third-order valence-electron chi connectivity index (χ3n) is 3.02. The second kappa shape index (κ2) is 5.20. The minimum absolute atomic E-state index is 0.0603. The molecule has 0 bridgehead atoms. The van der Waals surface area contributed by atoms with Crippen molar-refractivity contribution in [3.8, 4) is 11.3 Å². The fourth-order valence-electron chi connectivity index (χ4n) is 2.00. The van der Waals surface area contributed by atoms with Crippen LogP contribution in [0, 0.1) is 17.9 Å². The van der Waals surface area contributed by atoms with Gasteiger partial charge in [-0.15, -0.1) is 0 Å². The van der Waals surface area contributed by atoms with Crippen LogP contribution in [0.15, 0.2) is 30.3 Å². The number of aromatic nitrogens is 1. The van der Waals surface area contributed by atoms with Gasteiger partial charge in [-0.05, 0) is 24.3 Å². The van der Waals surface area contributed by atoms with Gasteiger partial charge < -0.3 is 15.4 Å². The zero-order chi connectivity index (χ0) is 15.7. The molecule has 21 heavy (non-hydrogen) atoms. The molecule has 0 unspecified atom stereocenters. The monoisotopic (exact) mass is 291 g/mol. The second-order valence-electron chi connectivity index (χ2n) is 4.32. The summed E-state index contributed by atoms with van der Waals surface area (Å²) >= 11 is 0. The molecule has 6 nitrogen and oxygen atoms in total. The molecule has 0 radical (unpaired) electrons. The predicted molar refractivity (Wildman–Crippen MR) is 69.5 cm³/mol. The van der Waals surface area contributed by atoms with Gasteiger partial charge in [0, 0.05) is 18.6 Å². The number of pyridine rings is 1. The standard InChI is InChI=1S/C14H10FNO5/c1-7-12(14(19)20)10(13(17)18)6-11(16(7)21)8-2-4-9(15)5-3-8/h2-6H,1H3,(H,17,18)(H,19,20). The maximum Gasteiger partial charge on any atom is 0.343 e. The van der Waals surface area contributed by atoms with E-state index in [-0.39, 0.29) is 17.0 Å². The van der Waals surface area contributed by atoms with Crippen LogP contribution >= 0.6 is 0 Å². The van der Waals surface area contributed by atoms with Gasteiger partial charge in [0.25, 0.3) is 0 Å². The first kappa shape index (κ1) is 14.4. The highest BCUT2D eigenvalue weighted by Crippen LogP contribution is 2.21. The molecule has 0 amide bonds. The summed E-state index contributed by atoms with van der Waals surface area (Å²) in [5.74, 6) is -3.46. The summed E-state index contributed by atoms with van der Waals surface area (Å²) in [5, 5.41) is 30.3. The molecule has 1 aromatic carbocycles. The molecule has 7 heteroatoms. The topological polar surface area (TPSA) is 102 Å². The number of halogens is 1. The highest BCUT2D eigenvalue weighted by molar-refractivity contribution is 6.02. The lowest BCUT2D eigenvalue weighted by Gasteiger charge is -2.11. The Morgan fingerprint density at radius 3 is 2.19 bits per heavy atom. The van der Waals surface area contributed by atoms with Gasteiger partial charge in [0.2, 0.25) is 11.4 Å². The zero-order valence-electron chi connectivity index (χ0n) is 10.8. The average Bonchev–Trinajstić information content (AvgIpc) is 2.42. The Kier molecular flexibility index (Phi) is 3.58. The molecule has 2 rings (SSSR count). The SMILES string of the molecule is Cc1c(C(=O)O)c(C(=O)O)cc(-c2ccc(F)cc2)[n+]1[O-]. The predicted octanol–water partition coefficient (Wildman–Crippen LogP) is 1.83. The molecule has 0 atom stereocenters. The number of carbonyl (C=O) groups is 2. The van der Waals surface area contributed by atoms with Crippen molar-refractivity contribution in [1.82, 2.24) is 0 Å². The van der Waals surface area contributed by atoms with Crippen molar-refractivity contribution in [1.29, 1.82) is 0 Å². The lowest BCUT2D eigenvalue weighted by atomic mass is 10.0. The van der Waals surface area contributed by atoms with E-state index in [1.54, 1.807) is 0 Å². The summed E-state index contributed by atoms with van der Waals surface area (Å²) < 4.78 is 13.2. The quantitative estimate of drug-likeness (QED) is 0.663. The van der Waals surface area contributed by atoms with E-state index in [1.807, 2.05) is 0 Å². The number of aromatic carboxylic acids is 2. The Labute approximate surface area is 118 Å². The van der Waals surface area contributed by atoms with Crippen LogP contribution in [0.3, 0.4) is 0 Å². The van der Waals surface area contributed by atoms with Gasteiger partial charge >= 0.3 is 11.9 Å². The van der Waals surface area contributed by atoms with Crippen LogP contribution in [0.1, 0.15) is 26.4 Å². The molecule has 1 aromatic heterocycles. The Bertz CT molecular complexity index is 740. The van der Waals surface area contributed by atoms with Crippen LogP contribution in [0.5, 0.6) is 0 Å². The minimum atomic E-state index is -1.50. The highest BCUT2D eigenvalue weighted by atomic mass is 19.1. The van der Waals surface area contributed by atoms with Gasteiger partial charge in [-0.2, -0.15) is 4.73 Å². The molecule has 1 heterocycles. The van der Waals surface area contributed by atoms with Crippen molar-refractivity contribution < 1.29 is 28.9 Å². The molecule has 0 aliphatic rings. The van der Waals surface area contributed by atoms with Crippen molar-refractivity contribution in [2.24, 2.45) is 0 Å². The maximum atomic E-state index is 12.9. The zero-order valence-corrected chi connectivity index (χ0v) is 10.8. The lowest BCUT2D eigenvalue weighted by Crippen LogP contribution is -2.36. The van der Waals surface area contributed by atoms with Gasteiger partial charge in [-0.25, -0.2) is 14.0 Å². The van der Waals surface area contributed by atoms with Gasteiger partial charge in [0.1, 0.15) is 11.4 Å². The summed E-state index contributed by atoms with van der Waals surface area (Å²) in [6.07, 6.45) is 0. The molecule has 0 aliphatic heterocycles. The summed E-state index contributed by atoms with van der Waals surface area (Å²) in [5.41, 5.74) is -1.08. The van der Waals surface area contributed by atoms with E-state index >= 15 is 0 Å². The van der Waals surface area contributed by atoms with E-state index < -0.39 is 28.9 Å². The van der Waals surface area contributed by atoms with E-state index in [9.17, 15) is 19.2 Å². The third kappa shape index (κ3) is 2.53. The van der Waals surface area contributed by atoms with E-state index in [4.69, 9.17) is 10.2 Å². The third-order valence-corrected chi connectivity index (χ3v) is 3.02. The Hall–Kier alpha value is -2.96. The molecule has 2 aromatic rings. The lowest BCUT2D eigenvalue weighted by molar-refractivity contribution is -0.600. The van der Waals surface area contributed by atoms with E-state index in [2.05, 4.69) is 0 Å². The number of nitrogens with zero attached hydrogens (tertiary/aromatic N) is 1. The number of carboxylic acid groups (broad SMARTS) is 2. The van der Waals surface area contributed by atoms with Crippen molar-refractivity contribution in [3.63, 3.8) is 0 Å². The van der Waals surface area contributed by atoms with Gasteiger partial charge in [0.15, 0.2) is 0 Å². The van der Waals surface area contributed by atoms with Gasteiger partial charge in [-0.1, -0.05) is 0 Å². The summed E-state index contributed by atoms with van der Waals surface area (Å²) in [6.45, 7) is 1.22. The molecular formula is C14H10FNO5. The average molecular weight is 291 g/mol. The number of hydrogen-bond acceptors (Lipinski definition) is 3. The first-order chi connectivity index (χ1) is 9.82. The van der Waals surface area contributed by atoms with Crippen molar-refractivity contribution in [3.05, 3.63) is 58.2 Å². The van der Waals surface area contributed by atoms with Crippen molar-refractivity contribution in [2.75, 3.05) is 0 Å². The molecule has 0 spiro atoms. The minimum Gasteiger partial charge on any atom is -0.618 e. The molecule has 2 N–H and O–H groups in total. The smallest absolute Gasteiger partial charge is 0.343 e. The molecule has 0 fully saturated rings. The molecule has 0 saturated carbocycles. The van der Waals surface area contributed by atoms with E-state index in [0.29, 0.717) is 4.73 Å². The summed E-state index contributed by atoms with van der Waals surface area (Å²) in [6, 6.07) is 5.83. The Morgan fingerprint density at radius 1 is 1.14 bits per heavy atom. The number of benzene rings is 1. The largest absolute Gasteiger partial charge is 0.618 e. The second-order valence-corrected chi connectivity index (χ2v) is 4.32. The van der Waals surface area contributed by atoms with E-state index in [1.165, 1.54) is 19.1 Å². The van der Waals surface area contributed by atoms with Gasteiger partial charge in [-0.3, -0.25) is 0 Å². The van der Waals surface area contributed by atoms with Crippen LogP contribution in [-0.4, -0.2) is 22.2 Å². The Morgan fingerprint density at radius 2 is 1.71 bits per heavy atom. The van der Waals surface area contributed by atoms with Crippen LogP contribution in [0.2, 0.25) is 0 Å². The van der Waals surface area contributed by atoms with Crippen molar-refractivity contribution >= 4 is 11.9 Å². The fourth-order valence-corrected chi connectivity index (χ4v) is 2.00. The first-order valence-electron chi connectivity index (χ1n) is 5.82. The molecular weight excluding hydrogens is 281 g/mol. The van der Waals surface area contributed by atoms with Crippen LogP contribution in [-0.2, 0) is 0 Å². The van der Waals surface area contributed by atoms with Crippen molar-refractivity contribution in [2.45, 2.75) is 6.92 Å². The first-order valence-corrected chi connectivity index (χ1v) is 5.82. The van der Waals surface area contributed by atoms with E-state index in [0.717, 1.165) is 18.2 Å². The highest BCUT2D eigenvalue weighted by Gasteiger charge is 2.27. The number of carboxylic acids is 2. The maximum absolute atomic E-state index is 12.9. The number of rotatable bonds is 3. The van der Waals surface area contributed by atoms with Gasteiger partial charge in [0.05, 0.1) is 5.56 Å². The molecule has 108 valence electrons. The fraction of sp³-hybridized carbons (Fsp3) is 0.0714. The van der Waals surface area contributed by atoms with Crippen LogP contribution in [0.25, 0.3) is 11.3 Å². The summed E-state index contributed by atoms with van der Waals surface area (Å²) in [4.78, 5) is 22.3. The normalized spacial score (nSPS) is 10.4. The molecule has 0 aliphatic carbocycles. The number of hydrogen-bond donors (Lipinski definition) is 2. The Balaban J connectivity index is 2.77. The molecule has 0 saturated heterocycles. The van der Waals surface area contributed by atoms with Crippen LogP contribution < -0.4 is 4.73 Å². The van der Waals surface area contributed by atoms with Crippen LogP contribution in [0.4, 0.5) is 4.39 Å².